The number of allylic oxidation sites excluding steroid dienone is 1. The molecule has 0 spiro atoms. The van der Waals surface area contributed by atoms with E-state index in [9.17, 15) is 10.1 Å². The van der Waals surface area contributed by atoms with Crippen molar-refractivity contribution in [1.82, 2.24) is 4.57 Å². The number of hydrogen-bond donors (Lipinski definition) is 1. The summed E-state index contributed by atoms with van der Waals surface area (Å²) in [7, 11) is 5.52. The van der Waals surface area contributed by atoms with Crippen LogP contribution in [0.5, 0.6) is 0 Å². The number of nitrogens with zero attached hydrogens (tertiary/aromatic N) is 5. The van der Waals surface area contributed by atoms with Crippen LogP contribution in [0.4, 0.5) is 17.1 Å². The molecule has 0 radical (unpaired) electrons. The average Bonchev–Trinajstić information content (AvgIpc) is 2.80. The molecule has 1 aromatic heterocycles. The van der Waals surface area contributed by atoms with Gasteiger partial charge in [0, 0.05) is 68.7 Å². The molecule has 0 bridgehead atoms. The number of aryl methyl sites for hydroxylation is 2. The number of nitrogens with two attached hydrogens (primary N) is 1. The van der Waals surface area contributed by atoms with Crippen molar-refractivity contribution in [2.24, 2.45) is 17.8 Å². The van der Waals surface area contributed by atoms with Crippen molar-refractivity contribution in [3.8, 4) is 6.07 Å². The molecule has 0 atom stereocenters. The van der Waals surface area contributed by atoms with Crippen LogP contribution in [0, 0.1) is 18.3 Å². The summed E-state index contributed by atoms with van der Waals surface area (Å²) in [5.41, 5.74) is 12.4. The number of benzene rings is 2. The minimum Gasteiger partial charge on any atom is -0.404 e. The van der Waals surface area contributed by atoms with Crippen LogP contribution in [0.1, 0.15) is 16.7 Å². The molecule has 0 aliphatic carbocycles. The van der Waals surface area contributed by atoms with E-state index < -0.39 is 0 Å². The second kappa shape index (κ2) is 8.23. The Balaban J connectivity index is 1.98. The molecule has 162 valence electrons. The highest BCUT2D eigenvalue weighted by atomic mass is 16.1. The Morgan fingerprint density at radius 3 is 2.62 bits per heavy atom. The normalized spacial score (nSPS) is 14.2. The van der Waals surface area contributed by atoms with Crippen LogP contribution in [-0.2, 0) is 7.05 Å². The number of fused-ring (bicyclic) bond motifs is 2. The van der Waals surface area contributed by atoms with E-state index in [1.165, 1.54) is 6.20 Å². The summed E-state index contributed by atoms with van der Waals surface area (Å²) < 4.78 is 1.69. The summed E-state index contributed by atoms with van der Waals surface area (Å²) in [5, 5.41) is 10.9. The first-order chi connectivity index (χ1) is 15.4. The Morgan fingerprint density at radius 1 is 1.16 bits per heavy atom. The fraction of sp³-hybridized carbons (Fsp3) is 0.240. The molecular formula is C25H26N6O. The maximum atomic E-state index is 12.5. The van der Waals surface area contributed by atoms with Gasteiger partial charge in [0.05, 0.1) is 34.2 Å². The molecule has 2 heterocycles. The number of anilines is 3. The van der Waals surface area contributed by atoms with Gasteiger partial charge in [-0.3, -0.25) is 9.79 Å². The summed E-state index contributed by atoms with van der Waals surface area (Å²) in [5.74, 6) is 0. The molecule has 1 aliphatic rings. The minimum atomic E-state index is 0.00326. The van der Waals surface area contributed by atoms with Gasteiger partial charge in [-0.2, -0.15) is 5.26 Å². The summed E-state index contributed by atoms with van der Waals surface area (Å²) in [6, 6.07) is 14.2. The minimum absolute atomic E-state index is 0.00326. The number of aliphatic imine (C=N–C) groups is 1. The van der Waals surface area contributed by atoms with Crippen LogP contribution in [0.3, 0.4) is 0 Å². The van der Waals surface area contributed by atoms with Crippen LogP contribution in [0.25, 0.3) is 16.5 Å². The zero-order valence-electron chi connectivity index (χ0n) is 18.8. The first kappa shape index (κ1) is 21.2. The van der Waals surface area contributed by atoms with Gasteiger partial charge in [0.15, 0.2) is 0 Å². The maximum absolute atomic E-state index is 12.5. The van der Waals surface area contributed by atoms with Crippen LogP contribution >= 0.6 is 0 Å². The third kappa shape index (κ3) is 3.30. The monoisotopic (exact) mass is 426 g/mol. The predicted molar refractivity (Wildman–Crippen MR) is 132 cm³/mol. The molecule has 1 aliphatic heterocycles. The van der Waals surface area contributed by atoms with Gasteiger partial charge in [-0.1, -0.05) is 6.07 Å². The molecular weight excluding hydrogens is 400 g/mol. The van der Waals surface area contributed by atoms with Crippen molar-refractivity contribution in [2.45, 2.75) is 6.92 Å². The largest absolute Gasteiger partial charge is 0.404 e. The van der Waals surface area contributed by atoms with Gasteiger partial charge < -0.3 is 20.1 Å². The number of rotatable bonds is 3. The van der Waals surface area contributed by atoms with Crippen LogP contribution < -0.4 is 21.1 Å². The third-order valence-corrected chi connectivity index (χ3v) is 6.07. The van der Waals surface area contributed by atoms with Gasteiger partial charge in [-0.25, -0.2) is 0 Å². The van der Waals surface area contributed by atoms with E-state index >= 15 is 0 Å². The van der Waals surface area contributed by atoms with Gasteiger partial charge in [-0.15, -0.1) is 0 Å². The van der Waals surface area contributed by atoms with Crippen molar-refractivity contribution in [3.63, 3.8) is 0 Å². The van der Waals surface area contributed by atoms with Crippen molar-refractivity contribution in [3.05, 3.63) is 69.6 Å². The Labute approximate surface area is 187 Å². The Morgan fingerprint density at radius 2 is 1.94 bits per heavy atom. The predicted octanol–water partition coefficient (Wildman–Crippen LogP) is 3.31. The number of aromatic nitrogens is 1. The highest BCUT2D eigenvalue weighted by Gasteiger charge is 2.26. The van der Waals surface area contributed by atoms with Gasteiger partial charge in [0.2, 0.25) is 0 Å². The Hall–Kier alpha value is -4.05. The second-order valence-electron chi connectivity index (χ2n) is 7.98. The first-order valence-corrected chi connectivity index (χ1v) is 10.4. The van der Waals surface area contributed by atoms with E-state index in [0.29, 0.717) is 16.7 Å². The fourth-order valence-corrected chi connectivity index (χ4v) is 4.38. The molecule has 2 aromatic carbocycles. The van der Waals surface area contributed by atoms with Crippen molar-refractivity contribution < 1.29 is 0 Å². The summed E-state index contributed by atoms with van der Waals surface area (Å²) in [6.07, 6.45) is 3.14. The molecule has 3 aromatic rings. The highest BCUT2D eigenvalue weighted by molar-refractivity contribution is 6.11. The van der Waals surface area contributed by atoms with Crippen LogP contribution in [0.2, 0.25) is 0 Å². The topological polar surface area (TPSA) is 90.6 Å². The smallest absolute Gasteiger partial charge is 0.253 e. The maximum Gasteiger partial charge on any atom is 0.253 e. The van der Waals surface area contributed by atoms with Crippen LogP contribution in [-0.4, -0.2) is 38.0 Å². The zero-order chi connectivity index (χ0) is 23.0. The van der Waals surface area contributed by atoms with Gasteiger partial charge >= 0.3 is 0 Å². The zero-order valence-corrected chi connectivity index (χ0v) is 18.8. The second-order valence-corrected chi connectivity index (χ2v) is 7.98. The molecule has 0 fully saturated rings. The van der Waals surface area contributed by atoms with Gasteiger partial charge in [-0.05, 0) is 37.3 Å². The van der Waals surface area contributed by atoms with E-state index in [1.807, 2.05) is 44.3 Å². The van der Waals surface area contributed by atoms with Crippen molar-refractivity contribution in [2.75, 3.05) is 37.0 Å². The van der Waals surface area contributed by atoms with Crippen molar-refractivity contribution in [1.29, 1.82) is 5.26 Å². The number of likely N-dealkylation sites (N-methyl/N-ethyl adjacent to an activating group) is 1. The Kier molecular flexibility index (Phi) is 5.45. The third-order valence-electron chi connectivity index (χ3n) is 6.07. The first-order valence-electron chi connectivity index (χ1n) is 10.4. The number of nitriles is 1. The lowest BCUT2D eigenvalue weighted by Crippen LogP contribution is -2.37. The molecule has 0 amide bonds. The number of hydrogen-bond acceptors (Lipinski definition) is 6. The van der Waals surface area contributed by atoms with E-state index in [2.05, 4.69) is 26.9 Å². The molecule has 4 rings (SSSR count). The standard InChI is InChI=1S/C25H26N6O/c1-16-10-20-21(30(4)25(16)32)6-5-7-22(20)31-9-8-29(3)23-12-19(18(14-27)15-28-2)17(13-26)11-24(23)31/h5-7,10-12,14-15H,8-9,27H2,1-4H3/b18-14+,28-15?. The van der Waals surface area contributed by atoms with Gasteiger partial charge in [0.1, 0.15) is 0 Å². The summed E-state index contributed by atoms with van der Waals surface area (Å²) in [6.45, 7) is 3.40. The van der Waals surface area contributed by atoms with E-state index in [-0.39, 0.29) is 5.56 Å². The molecule has 0 saturated carbocycles. The lowest BCUT2D eigenvalue weighted by molar-refractivity contribution is 0.822. The summed E-state index contributed by atoms with van der Waals surface area (Å²) in [4.78, 5) is 20.9. The van der Waals surface area contributed by atoms with E-state index in [1.54, 1.807) is 24.9 Å². The molecule has 0 unspecified atom stereocenters. The average molecular weight is 427 g/mol. The molecule has 7 nitrogen and oxygen atoms in total. The molecule has 32 heavy (non-hydrogen) atoms. The van der Waals surface area contributed by atoms with Gasteiger partial charge in [0.25, 0.3) is 5.56 Å². The molecule has 2 N–H and O–H groups in total. The van der Waals surface area contributed by atoms with E-state index in [4.69, 9.17) is 5.73 Å². The lowest BCUT2D eigenvalue weighted by atomic mass is 9.97. The Bertz CT molecular complexity index is 1380. The summed E-state index contributed by atoms with van der Waals surface area (Å²) >= 11 is 0. The fourth-order valence-electron chi connectivity index (χ4n) is 4.38. The molecule has 0 saturated heterocycles. The van der Waals surface area contributed by atoms with Crippen molar-refractivity contribution >= 4 is 39.8 Å². The SMILES string of the molecule is CN=C/C(=C\N)c1cc2c(cc1C#N)N(c1cccc3c1cc(C)c(=O)n3C)CCN2C. The quantitative estimate of drug-likeness (QED) is 0.649. The number of pyridine rings is 1. The highest BCUT2D eigenvalue weighted by Crippen LogP contribution is 2.42. The molecule has 7 heteroatoms. The lowest BCUT2D eigenvalue weighted by Gasteiger charge is -2.38. The van der Waals surface area contributed by atoms with Crippen LogP contribution in [0.15, 0.2) is 52.4 Å². The van der Waals surface area contributed by atoms with E-state index in [0.717, 1.165) is 46.6 Å².